The fourth-order valence-corrected chi connectivity index (χ4v) is 2.06. The molecule has 0 radical (unpaired) electrons. The fraction of sp³-hybridized carbons (Fsp3) is 0.500. The van der Waals surface area contributed by atoms with Gasteiger partial charge in [0.25, 0.3) is 0 Å². The van der Waals surface area contributed by atoms with Crippen LogP contribution >= 0.6 is 0 Å². The summed E-state index contributed by atoms with van der Waals surface area (Å²) < 4.78 is 5.75. The number of hydrogen-bond donors (Lipinski definition) is 0. The van der Waals surface area contributed by atoms with E-state index in [0.717, 1.165) is 12.8 Å². The van der Waals surface area contributed by atoms with Crippen molar-refractivity contribution in [2.24, 2.45) is 5.92 Å². The molecule has 92 valence electrons. The maximum absolute atomic E-state index is 11.6. The van der Waals surface area contributed by atoms with Crippen LogP contribution in [0.3, 0.4) is 0 Å². The summed E-state index contributed by atoms with van der Waals surface area (Å²) in [5.41, 5.74) is 1.19. The van der Waals surface area contributed by atoms with Gasteiger partial charge in [0, 0.05) is 20.0 Å². The van der Waals surface area contributed by atoms with E-state index in [1.54, 1.807) is 19.0 Å². The first-order chi connectivity index (χ1) is 8.16. The first-order valence-electron chi connectivity index (χ1n) is 6.03. The summed E-state index contributed by atoms with van der Waals surface area (Å²) in [4.78, 5) is 13.3. The molecular formula is C14H19NO2. The van der Waals surface area contributed by atoms with Gasteiger partial charge in [0.2, 0.25) is 5.91 Å². The Bertz CT molecular complexity index is 369. The minimum Gasteiger partial charge on any atom is -0.373 e. The van der Waals surface area contributed by atoms with Crippen molar-refractivity contribution in [3.05, 3.63) is 35.9 Å². The highest BCUT2D eigenvalue weighted by Gasteiger charge is 2.35. The van der Waals surface area contributed by atoms with E-state index >= 15 is 0 Å². The van der Waals surface area contributed by atoms with E-state index < -0.39 is 0 Å². The van der Waals surface area contributed by atoms with Crippen molar-refractivity contribution in [1.29, 1.82) is 0 Å². The van der Waals surface area contributed by atoms with Gasteiger partial charge in [-0.15, -0.1) is 0 Å². The Morgan fingerprint density at radius 2 is 1.94 bits per heavy atom. The predicted molar refractivity (Wildman–Crippen MR) is 66.4 cm³/mol. The van der Waals surface area contributed by atoms with Crippen LogP contribution in [0.25, 0.3) is 0 Å². The van der Waals surface area contributed by atoms with Crippen molar-refractivity contribution in [2.75, 3.05) is 14.1 Å². The van der Waals surface area contributed by atoms with Gasteiger partial charge in [0.15, 0.2) is 0 Å². The maximum Gasteiger partial charge on any atom is 0.225 e. The Labute approximate surface area is 102 Å². The molecule has 0 aromatic heterocycles. The molecule has 1 aliphatic carbocycles. The first kappa shape index (κ1) is 12.1. The van der Waals surface area contributed by atoms with E-state index in [-0.39, 0.29) is 17.9 Å². The minimum absolute atomic E-state index is 0.172. The Hall–Kier alpha value is -1.35. The van der Waals surface area contributed by atoms with Gasteiger partial charge < -0.3 is 9.64 Å². The lowest BCUT2D eigenvalue weighted by Crippen LogP contribution is -2.41. The Morgan fingerprint density at radius 1 is 1.29 bits per heavy atom. The van der Waals surface area contributed by atoms with Gasteiger partial charge in [-0.2, -0.15) is 0 Å². The van der Waals surface area contributed by atoms with Gasteiger partial charge >= 0.3 is 0 Å². The topological polar surface area (TPSA) is 29.5 Å². The van der Waals surface area contributed by atoms with Crippen LogP contribution < -0.4 is 0 Å². The van der Waals surface area contributed by atoms with Crippen LogP contribution in [0.4, 0.5) is 0 Å². The Morgan fingerprint density at radius 3 is 2.53 bits per heavy atom. The lowest BCUT2D eigenvalue weighted by Gasteiger charge is -2.35. The number of nitrogens with zero attached hydrogens (tertiary/aromatic N) is 1. The molecule has 1 aromatic carbocycles. The van der Waals surface area contributed by atoms with Gasteiger partial charge in [0.05, 0.1) is 12.7 Å². The first-order valence-corrected chi connectivity index (χ1v) is 6.03. The normalized spacial score (nSPS) is 22.9. The number of rotatable bonds is 4. The third kappa shape index (κ3) is 3.07. The number of amides is 1. The average Bonchev–Trinajstić information content (AvgIpc) is 2.28. The molecule has 0 heterocycles. The highest BCUT2D eigenvalue weighted by molar-refractivity contribution is 5.79. The molecule has 1 saturated carbocycles. The second kappa shape index (κ2) is 5.32. The molecule has 0 atom stereocenters. The third-order valence-electron chi connectivity index (χ3n) is 3.21. The van der Waals surface area contributed by atoms with Gasteiger partial charge in [-0.25, -0.2) is 0 Å². The molecule has 0 unspecified atom stereocenters. The van der Waals surface area contributed by atoms with Gasteiger partial charge in [-0.1, -0.05) is 30.3 Å². The van der Waals surface area contributed by atoms with Gasteiger partial charge in [-0.3, -0.25) is 4.79 Å². The smallest absolute Gasteiger partial charge is 0.225 e. The molecule has 0 N–H and O–H groups in total. The summed E-state index contributed by atoms with van der Waals surface area (Å²) in [7, 11) is 3.61. The lowest BCUT2D eigenvalue weighted by molar-refractivity contribution is -0.142. The van der Waals surface area contributed by atoms with Gasteiger partial charge in [0.1, 0.15) is 0 Å². The third-order valence-corrected chi connectivity index (χ3v) is 3.21. The zero-order chi connectivity index (χ0) is 12.3. The van der Waals surface area contributed by atoms with Crippen LogP contribution in [-0.2, 0) is 16.1 Å². The number of benzene rings is 1. The molecular weight excluding hydrogens is 214 g/mol. The standard InChI is InChI=1S/C14H19NO2/c1-15(2)14(16)12-8-13(9-12)17-10-11-6-4-3-5-7-11/h3-7,12-13H,8-10H2,1-2H3. The molecule has 1 aromatic rings. The molecule has 0 spiro atoms. The highest BCUT2D eigenvalue weighted by atomic mass is 16.5. The van der Waals surface area contributed by atoms with E-state index in [4.69, 9.17) is 4.74 Å². The second-order valence-corrected chi connectivity index (χ2v) is 4.82. The van der Waals surface area contributed by atoms with Gasteiger partial charge in [-0.05, 0) is 18.4 Å². The summed E-state index contributed by atoms with van der Waals surface area (Å²) in [6, 6.07) is 10.1. The molecule has 0 bridgehead atoms. The van der Waals surface area contributed by atoms with Crippen LogP contribution in [0, 0.1) is 5.92 Å². The summed E-state index contributed by atoms with van der Waals surface area (Å²) in [6.07, 6.45) is 1.98. The maximum atomic E-state index is 11.6. The summed E-state index contributed by atoms with van der Waals surface area (Å²) in [6.45, 7) is 0.647. The van der Waals surface area contributed by atoms with Crippen LogP contribution in [-0.4, -0.2) is 31.0 Å². The van der Waals surface area contributed by atoms with E-state index in [1.165, 1.54) is 5.56 Å². The summed E-state index contributed by atoms with van der Waals surface area (Å²) in [5, 5.41) is 0. The Balaban J connectivity index is 1.70. The molecule has 0 aliphatic heterocycles. The number of carbonyl (C=O) groups is 1. The van der Waals surface area contributed by atoms with Crippen LogP contribution in [0.5, 0.6) is 0 Å². The number of hydrogen-bond acceptors (Lipinski definition) is 2. The van der Waals surface area contributed by atoms with Crippen molar-refractivity contribution < 1.29 is 9.53 Å². The zero-order valence-corrected chi connectivity index (χ0v) is 10.4. The largest absolute Gasteiger partial charge is 0.373 e. The average molecular weight is 233 g/mol. The van der Waals surface area contributed by atoms with Crippen molar-refractivity contribution in [3.63, 3.8) is 0 Å². The van der Waals surface area contributed by atoms with E-state index in [9.17, 15) is 4.79 Å². The molecule has 1 amide bonds. The molecule has 1 fully saturated rings. The van der Waals surface area contributed by atoms with Crippen molar-refractivity contribution in [3.8, 4) is 0 Å². The van der Waals surface area contributed by atoms with E-state index in [2.05, 4.69) is 12.1 Å². The van der Waals surface area contributed by atoms with Crippen molar-refractivity contribution in [1.82, 2.24) is 4.90 Å². The Kier molecular flexibility index (Phi) is 3.79. The lowest BCUT2D eigenvalue weighted by atomic mass is 9.81. The van der Waals surface area contributed by atoms with Crippen LogP contribution in [0.2, 0.25) is 0 Å². The molecule has 3 heteroatoms. The monoisotopic (exact) mass is 233 g/mol. The second-order valence-electron chi connectivity index (χ2n) is 4.82. The van der Waals surface area contributed by atoms with Crippen LogP contribution in [0.1, 0.15) is 18.4 Å². The number of ether oxygens (including phenoxy) is 1. The predicted octanol–water partition coefficient (Wildman–Crippen LogP) is 2.07. The molecule has 2 rings (SSSR count). The number of carbonyl (C=O) groups excluding carboxylic acids is 1. The molecule has 0 saturated heterocycles. The molecule has 17 heavy (non-hydrogen) atoms. The fourth-order valence-electron chi connectivity index (χ4n) is 2.06. The van der Waals surface area contributed by atoms with E-state index in [0.29, 0.717) is 6.61 Å². The van der Waals surface area contributed by atoms with Crippen molar-refractivity contribution in [2.45, 2.75) is 25.6 Å². The summed E-state index contributed by atoms with van der Waals surface area (Å²) in [5.74, 6) is 0.398. The molecule has 1 aliphatic rings. The zero-order valence-electron chi connectivity index (χ0n) is 10.4. The molecule has 3 nitrogen and oxygen atoms in total. The summed E-state index contributed by atoms with van der Waals surface area (Å²) >= 11 is 0. The van der Waals surface area contributed by atoms with Crippen molar-refractivity contribution >= 4 is 5.91 Å². The quantitative estimate of drug-likeness (QED) is 0.796. The van der Waals surface area contributed by atoms with E-state index in [1.807, 2.05) is 18.2 Å². The SMILES string of the molecule is CN(C)C(=O)C1CC(OCc2ccccc2)C1. The van der Waals surface area contributed by atoms with Crippen LogP contribution in [0.15, 0.2) is 30.3 Å². The minimum atomic E-state index is 0.172. The highest BCUT2D eigenvalue weighted by Crippen LogP contribution is 2.31.